The van der Waals surface area contributed by atoms with E-state index in [1.54, 1.807) is 0 Å². The van der Waals surface area contributed by atoms with E-state index in [9.17, 15) is 15.0 Å². The Morgan fingerprint density at radius 2 is 1.78 bits per heavy atom. The summed E-state index contributed by atoms with van der Waals surface area (Å²) in [5, 5.41) is 37.2. The molecule has 0 heterocycles. The van der Waals surface area contributed by atoms with Crippen LogP contribution in [0.5, 0.6) is 0 Å². The maximum atomic E-state index is 10.9. The standard InChI is InChI=1S/C12H25NO5/c1-2-3-4-5-6-7-9(15)10(16)12(13,8-14)11(17)18/h9-10,14-16H,2-8,13H2,1H3,(H,17,18). The quantitative estimate of drug-likeness (QED) is 0.349. The van der Waals surface area contributed by atoms with Crippen LogP contribution in [0.1, 0.15) is 45.4 Å². The minimum atomic E-state index is -2.21. The Kier molecular flexibility index (Phi) is 8.10. The zero-order valence-corrected chi connectivity index (χ0v) is 10.9. The van der Waals surface area contributed by atoms with Crippen LogP contribution in [0.25, 0.3) is 0 Å². The van der Waals surface area contributed by atoms with Gasteiger partial charge < -0.3 is 26.2 Å². The van der Waals surface area contributed by atoms with Crippen LogP contribution >= 0.6 is 0 Å². The minimum Gasteiger partial charge on any atom is -0.480 e. The number of aliphatic hydroxyl groups is 3. The number of aliphatic carboxylic acids is 1. The van der Waals surface area contributed by atoms with Gasteiger partial charge in [-0.25, -0.2) is 0 Å². The van der Waals surface area contributed by atoms with Crippen molar-refractivity contribution in [2.75, 3.05) is 6.61 Å². The molecule has 0 saturated heterocycles. The average Bonchev–Trinajstić information content (AvgIpc) is 2.36. The first kappa shape index (κ1) is 17.3. The van der Waals surface area contributed by atoms with Gasteiger partial charge in [-0.3, -0.25) is 4.79 Å². The van der Waals surface area contributed by atoms with E-state index in [0.717, 1.165) is 25.7 Å². The number of carboxylic acid groups (broad SMARTS) is 1. The van der Waals surface area contributed by atoms with Crippen molar-refractivity contribution in [2.45, 2.75) is 63.2 Å². The van der Waals surface area contributed by atoms with Gasteiger partial charge in [0.15, 0.2) is 5.54 Å². The Bertz CT molecular complexity index is 249. The highest BCUT2D eigenvalue weighted by Crippen LogP contribution is 2.16. The number of nitrogens with two attached hydrogens (primary N) is 1. The van der Waals surface area contributed by atoms with Gasteiger partial charge >= 0.3 is 5.97 Å². The number of hydrogen-bond donors (Lipinski definition) is 5. The molecule has 0 aromatic heterocycles. The molecule has 0 bridgehead atoms. The van der Waals surface area contributed by atoms with Crippen molar-refractivity contribution in [1.29, 1.82) is 0 Å². The predicted octanol–water partition coefficient (Wildman–Crippen LogP) is -0.157. The molecule has 0 aliphatic rings. The number of carbonyl (C=O) groups is 1. The largest absolute Gasteiger partial charge is 0.480 e. The molecule has 3 atom stereocenters. The van der Waals surface area contributed by atoms with Crippen molar-refractivity contribution in [1.82, 2.24) is 0 Å². The van der Waals surface area contributed by atoms with Crippen molar-refractivity contribution >= 4 is 5.97 Å². The molecule has 6 nitrogen and oxygen atoms in total. The molecule has 0 amide bonds. The second-order valence-corrected chi connectivity index (χ2v) is 4.72. The molecule has 0 spiro atoms. The van der Waals surface area contributed by atoms with Gasteiger partial charge in [-0.15, -0.1) is 0 Å². The summed E-state index contributed by atoms with van der Waals surface area (Å²) in [4.78, 5) is 10.9. The van der Waals surface area contributed by atoms with E-state index in [-0.39, 0.29) is 6.42 Å². The molecule has 0 radical (unpaired) electrons. The second-order valence-electron chi connectivity index (χ2n) is 4.72. The van der Waals surface area contributed by atoms with E-state index >= 15 is 0 Å². The lowest BCUT2D eigenvalue weighted by Gasteiger charge is -2.31. The van der Waals surface area contributed by atoms with E-state index in [1.807, 2.05) is 0 Å². The van der Waals surface area contributed by atoms with Gasteiger partial charge in [0.2, 0.25) is 0 Å². The number of unbranched alkanes of at least 4 members (excludes halogenated alkanes) is 4. The first-order valence-electron chi connectivity index (χ1n) is 6.39. The van der Waals surface area contributed by atoms with Gasteiger partial charge in [0.25, 0.3) is 0 Å². The van der Waals surface area contributed by atoms with Crippen LogP contribution in [-0.4, -0.2) is 50.7 Å². The fourth-order valence-corrected chi connectivity index (χ4v) is 1.75. The van der Waals surface area contributed by atoms with Crippen molar-refractivity contribution in [3.05, 3.63) is 0 Å². The van der Waals surface area contributed by atoms with Gasteiger partial charge in [-0.05, 0) is 6.42 Å². The average molecular weight is 263 g/mol. The third kappa shape index (κ3) is 4.89. The summed E-state index contributed by atoms with van der Waals surface area (Å²) in [6.07, 6.45) is 2.25. The molecule has 3 unspecified atom stereocenters. The third-order valence-electron chi connectivity index (χ3n) is 3.16. The van der Waals surface area contributed by atoms with Crippen LogP contribution in [0.15, 0.2) is 0 Å². The number of aliphatic hydroxyl groups excluding tert-OH is 3. The van der Waals surface area contributed by atoms with Gasteiger partial charge in [0, 0.05) is 0 Å². The van der Waals surface area contributed by atoms with Crippen molar-refractivity contribution in [3.8, 4) is 0 Å². The monoisotopic (exact) mass is 263 g/mol. The first-order chi connectivity index (χ1) is 8.40. The third-order valence-corrected chi connectivity index (χ3v) is 3.16. The highest BCUT2D eigenvalue weighted by atomic mass is 16.4. The van der Waals surface area contributed by atoms with Crippen LogP contribution < -0.4 is 5.73 Å². The summed E-state index contributed by atoms with van der Waals surface area (Å²) < 4.78 is 0. The molecule has 6 N–H and O–H groups in total. The summed E-state index contributed by atoms with van der Waals surface area (Å²) >= 11 is 0. The van der Waals surface area contributed by atoms with Gasteiger partial charge in [0.05, 0.1) is 12.7 Å². The molecule has 0 saturated carbocycles. The van der Waals surface area contributed by atoms with E-state index in [2.05, 4.69) is 6.92 Å². The van der Waals surface area contributed by atoms with Crippen molar-refractivity contribution in [2.24, 2.45) is 5.73 Å². The molecule has 0 aliphatic carbocycles. The van der Waals surface area contributed by atoms with Crippen LogP contribution in [0.2, 0.25) is 0 Å². The van der Waals surface area contributed by atoms with Crippen LogP contribution in [0.4, 0.5) is 0 Å². The lowest BCUT2D eigenvalue weighted by molar-refractivity contribution is -0.155. The first-order valence-corrected chi connectivity index (χ1v) is 6.39. The Hall–Kier alpha value is -0.690. The molecular formula is C12H25NO5. The molecule has 0 aromatic rings. The highest BCUT2D eigenvalue weighted by molar-refractivity contribution is 5.79. The van der Waals surface area contributed by atoms with E-state index < -0.39 is 30.3 Å². The molecule has 0 fully saturated rings. The van der Waals surface area contributed by atoms with Gasteiger partial charge in [-0.2, -0.15) is 0 Å². The van der Waals surface area contributed by atoms with Crippen LogP contribution in [0.3, 0.4) is 0 Å². The van der Waals surface area contributed by atoms with Gasteiger partial charge in [0.1, 0.15) is 6.10 Å². The Labute approximate surface area is 107 Å². The van der Waals surface area contributed by atoms with Crippen LogP contribution in [-0.2, 0) is 4.79 Å². The maximum absolute atomic E-state index is 10.9. The topological polar surface area (TPSA) is 124 Å². The highest BCUT2D eigenvalue weighted by Gasteiger charge is 2.44. The van der Waals surface area contributed by atoms with E-state index in [4.69, 9.17) is 15.9 Å². The van der Waals surface area contributed by atoms with E-state index in [0.29, 0.717) is 6.42 Å². The lowest BCUT2D eigenvalue weighted by Crippen LogP contribution is -2.63. The zero-order valence-electron chi connectivity index (χ0n) is 10.9. The molecule has 0 aliphatic heterocycles. The van der Waals surface area contributed by atoms with E-state index in [1.165, 1.54) is 0 Å². The van der Waals surface area contributed by atoms with Crippen molar-refractivity contribution in [3.63, 3.8) is 0 Å². The molecule has 18 heavy (non-hydrogen) atoms. The van der Waals surface area contributed by atoms with Crippen LogP contribution in [0, 0.1) is 0 Å². The second kappa shape index (κ2) is 8.42. The number of rotatable bonds is 10. The smallest absolute Gasteiger partial charge is 0.328 e. The molecule has 108 valence electrons. The lowest BCUT2D eigenvalue weighted by atomic mass is 9.88. The normalized spacial score (nSPS) is 18.1. The fraction of sp³-hybridized carbons (Fsp3) is 0.917. The van der Waals surface area contributed by atoms with Gasteiger partial charge in [-0.1, -0.05) is 39.0 Å². The summed E-state index contributed by atoms with van der Waals surface area (Å²) in [6, 6.07) is 0. The Balaban J connectivity index is 4.16. The molecule has 6 heteroatoms. The summed E-state index contributed by atoms with van der Waals surface area (Å²) in [5.74, 6) is -1.53. The maximum Gasteiger partial charge on any atom is 0.328 e. The molecule has 0 aromatic carbocycles. The Morgan fingerprint density at radius 3 is 2.22 bits per heavy atom. The predicted molar refractivity (Wildman–Crippen MR) is 67.0 cm³/mol. The summed E-state index contributed by atoms with van der Waals surface area (Å²) in [7, 11) is 0. The molecular weight excluding hydrogens is 238 g/mol. The zero-order chi connectivity index (χ0) is 14.2. The fourth-order valence-electron chi connectivity index (χ4n) is 1.75. The number of hydrogen-bond acceptors (Lipinski definition) is 5. The van der Waals surface area contributed by atoms with Crippen molar-refractivity contribution < 1.29 is 25.2 Å². The molecule has 0 rings (SSSR count). The SMILES string of the molecule is CCCCCCCC(O)C(O)C(N)(CO)C(=O)O. The summed E-state index contributed by atoms with van der Waals surface area (Å²) in [6.45, 7) is 1.17. The summed E-state index contributed by atoms with van der Waals surface area (Å²) in [5.41, 5.74) is 3.17. The minimum absolute atomic E-state index is 0.275. The number of carboxylic acids is 1. The Morgan fingerprint density at radius 1 is 1.22 bits per heavy atom.